The first-order chi connectivity index (χ1) is 9.20. The second-order valence-electron chi connectivity index (χ2n) is 4.22. The van der Waals surface area contributed by atoms with Gasteiger partial charge in [-0.1, -0.05) is 0 Å². The molecule has 96 valence electrons. The topological polar surface area (TPSA) is 70.6 Å². The maximum absolute atomic E-state index is 11.2. The number of phenols is 1. The van der Waals surface area contributed by atoms with E-state index in [9.17, 15) is 9.90 Å². The first-order valence-electron chi connectivity index (χ1n) is 5.83. The van der Waals surface area contributed by atoms with Crippen molar-refractivity contribution in [1.82, 2.24) is 0 Å². The number of hydrogen-bond acceptors (Lipinski definition) is 4. The minimum atomic E-state index is -0.147. The Hall–Kier alpha value is -2.69. The van der Waals surface area contributed by atoms with Gasteiger partial charge in [-0.3, -0.25) is 4.79 Å². The molecule has 19 heavy (non-hydrogen) atoms. The highest BCUT2D eigenvalue weighted by Crippen LogP contribution is 2.31. The number of amides is 1. The van der Waals surface area contributed by atoms with Crippen LogP contribution in [0.25, 0.3) is 0 Å². The zero-order valence-corrected chi connectivity index (χ0v) is 10.0. The standard InChI is InChI=1S/C14H12N2O3/c17-11-4-1-9(2-5-11)15-10-3-6-12-13(7-10)19-8-14(18)16-12/h1-7,15,17H,8H2,(H,16,18). The van der Waals surface area contributed by atoms with Crippen molar-refractivity contribution in [2.45, 2.75) is 0 Å². The van der Waals surface area contributed by atoms with Crippen LogP contribution in [0.2, 0.25) is 0 Å². The summed E-state index contributed by atoms with van der Waals surface area (Å²) in [5, 5.41) is 15.1. The zero-order valence-electron chi connectivity index (χ0n) is 10.0. The molecule has 0 unspecified atom stereocenters. The van der Waals surface area contributed by atoms with Gasteiger partial charge in [0.2, 0.25) is 0 Å². The molecule has 1 aliphatic rings. The summed E-state index contributed by atoms with van der Waals surface area (Å²) in [6.07, 6.45) is 0. The lowest BCUT2D eigenvalue weighted by molar-refractivity contribution is -0.118. The summed E-state index contributed by atoms with van der Waals surface area (Å²) in [5.74, 6) is 0.720. The molecule has 0 spiro atoms. The van der Waals surface area contributed by atoms with Crippen molar-refractivity contribution in [3.8, 4) is 11.5 Å². The van der Waals surface area contributed by atoms with E-state index in [1.54, 1.807) is 30.3 Å². The molecule has 0 fully saturated rings. The molecule has 1 heterocycles. The Labute approximate surface area is 109 Å². The molecular formula is C14H12N2O3. The van der Waals surface area contributed by atoms with E-state index < -0.39 is 0 Å². The molecule has 5 heteroatoms. The van der Waals surface area contributed by atoms with Gasteiger partial charge in [-0.2, -0.15) is 0 Å². The highest BCUT2D eigenvalue weighted by atomic mass is 16.5. The van der Waals surface area contributed by atoms with Crippen LogP contribution in [-0.4, -0.2) is 17.6 Å². The van der Waals surface area contributed by atoms with Crippen molar-refractivity contribution >= 4 is 23.0 Å². The molecule has 3 rings (SSSR count). The Balaban J connectivity index is 1.82. The average molecular weight is 256 g/mol. The lowest BCUT2D eigenvalue weighted by Crippen LogP contribution is -2.25. The molecule has 2 aromatic rings. The number of hydrogen-bond donors (Lipinski definition) is 3. The van der Waals surface area contributed by atoms with Crippen molar-refractivity contribution in [3.05, 3.63) is 42.5 Å². The second kappa shape index (κ2) is 4.53. The summed E-state index contributed by atoms with van der Waals surface area (Å²) in [7, 11) is 0. The molecule has 0 saturated heterocycles. The molecule has 3 N–H and O–H groups in total. The van der Waals surface area contributed by atoms with E-state index in [2.05, 4.69) is 10.6 Å². The van der Waals surface area contributed by atoms with Gasteiger partial charge in [0.1, 0.15) is 11.5 Å². The molecule has 1 amide bonds. The van der Waals surface area contributed by atoms with Gasteiger partial charge in [-0.15, -0.1) is 0 Å². The number of aromatic hydroxyl groups is 1. The van der Waals surface area contributed by atoms with Gasteiger partial charge in [-0.25, -0.2) is 0 Å². The lowest BCUT2D eigenvalue weighted by Gasteiger charge is -2.18. The monoisotopic (exact) mass is 256 g/mol. The zero-order chi connectivity index (χ0) is 13.2. The van der Waals surface area contributed by atoms with E-state index in [-0.39, 0.29) is 18.3 Å². The van der Waals surface area contributed by atoms with Gasteiger partial charge in [0.25, 0.3) is 5.91 Å². The quantitative estimate of drug-likeness (QED) is 0.722. The number of carbonyl (C=O) groups is 1. The Morgan fingerprint density at radius 3 is 2.63 bits per heavy atom. The van der Waals surface area contributed by atoms with Crippen LogP contribution in [-0.2, 0) is 4.79 Å². The lowest BCUT2D eigenvalue weighted by atomic mass is 10.2. The molecule has 2 aromatic carbocycles. The summed E-state index contributed by atoms with van der Waals surface area (Å²) in [5.41, 5.74) is 2.38. The molecule has 0 aromatic heterocycles. The van der Waals surface area contributed by atoms with E-state index >= 15 is 0 Å². The SMILES string of the molecule is O=C1COc2cc(Nc3ccc(O)cc3)ccc2N1. The summed E-state index contributed by atoms with van der Waals surface area (Å²) >= 11 is 0. The summed E-state index contributed by atoms with van der Waals surface area (Å²) in [6.45, 7) is 0.0374. The Bertz CT molecular complexity index is 623. The summed E-state index contributed by atoms with van der Waals surface area (Å²) in [6, 6.07) is 12.2. The molecule has 0 atom stereocenters. The molecule has 0 bridgehead atoms. The van der Waals surface area contributed by atoms with Crippen LogP contribution in [0.15, 0.2) is 42.5 Å². The van der Waals surface area contributed by atoms with Gasteiger partial charge in [0.05, 0.1) is 5.69 Å². The third-order valence-corrected chi connectivity index (χ3v) is 2.77. The molecule has 0 saturated carbocycles. The predicted octanol–water partition coefficient (Wildman–Crippen LogP) is 2.47. The number of phenolic OH excluding ortho intramolecular Hbond substituents is 1. The van der Waals surface area contributed by atoms with Gasteiger partial charge in [0, 0.05) is 17.4 Å². The second-order valence-corrected chi connectivity index (χ2v) is 4.22. The average Bonchev–Trinajstić information content (AvgIpc) is 2.42. The molecular weight excluding hydrogens is 244 g/mol. The maximum Gasteiger partial charge on any atom is 0.262 e. The van der Waals surface area contributed by atoms with Crippen molar-refractivity contribution < 1.29 is 14.6 Å². The number of ether oxygens (including phenoxy) is 1. The van der Waals surface area contributed by atoms with Gasteiger partial charge in [-0.05, 0) is 36.4 Å². The fourth-order valence-corrected chi connectivity index (χ4v) is 1.86. The van der Waals surface area contributed by atoms with E-state index in [1.807, 2.05) is 12.1 Å². The number of fused-ring (bicyclic) bond motifs is 1. The number of benzene rings is 2. The van der Waals surface area contributed by atoms with Crippen molar-refractivity contribution in [1.29, 1.82) is 0 Å². The number of carbonyl (C=O) groups excluding carboxylic acids is 1. The molecule has 5 nitrogen and oxygen atoms in total. The van der Waals surface area contributed by atoms with E-state index in [0.29, 0.717) is 11.4 Å². The Kier molecular flexibility index (Phi) is 2.72. The van der Waals surface area contributed by atoms with Gasteiger partial charge >= 0.3 is 0 Å². The minimum absolute atomic E-state index is 0.0374. The number of nitrogens with one attached hydrogen (secondary N) is 2. The molecule has 0 radical (unpaired) electrons. The largest absolute Gasteiger partial charge is 0.508 e. The number of rotatable bonds is 2. The van der Waals surface area contributed by atoms with Gasteiger partial charge in [0.15, 0.2) is 6.61 Å². The number of anilines is 3. The fourth-order valence-electron chi connectivity index (χ4n) is 1.86. The predicted molar refractivity (Wildman–Crippen MR) is 72.0 cm³/mol. The molecule has 1 aliphatic heterocycles. The van der Waals surface area contributed by atoms with Crippen LogP contribution >= 0.6 is 0 Å². The van der Waals surface area contributed by atoms with Crippen LogP contribution < -0.4 is 15.4 Å². The van der Waals surface area contributed by atoms with E-state index in [0.717, 1.165) is 11.4 Å². The van der Waals surface area contributed by atoms with Crippen LogP contribution in [0.3, 0.4) is 0 Å². The third kappa shape index (κ3) is 2.44. The fraction of sp³-hybridized carbons (Fsp3) is 0.0714. The normalized spacial score (nSPS) is 13.2. The smallest absolute Gasteiger partial charge is 0.262 e. The summed E-state index contributed by atoms with van der Waals surface area (Å²) in [4.78, 5) is 11.2. The first-order valence-corrected chi connectivity index (χ1v) is 5.83. The third-order valence-electron chi connectivity index (χ3n) is 2.77. The maximum atomic E-state index is 11.2. The van der Waals surface area contributed by atoms with Crippen molar-refractivity contribution in [2.24, 2.45) is 0 Å². The van der Waals surface area contributed by atoms with Crippen LogP contribution in [0.1, 0.15) is 0 Å². The van der Waals surface area contributed by atoms with Crippen LogP contribution in [0.4, 0.5) is 17.1 Å². The van der Waals surface area contributed by atoms with Gasteiger partial charge < -0.3 is 20.5 Å². The minimum Gasteiger partial charge on any atom is -0.508 e. The van der Waals surface area contributed by atoms with Crippen LogP contribution in [0, 0.1) is 0 Å². The Morgan fingerprint density at radius 2 is 1.84 bits per heavy atom. The van der Waals surface area contributed by atoms with Crippen molar-refractivity contribution in [3.63, 3.8) is 0 Å². The highest BCUT2D eigenvalue weighted by molar-refractivity contribution is 5.95. The molecule has 0 aliphatic carbocycles. The van der Waals surface area contributed by atoms with E-state index in [4.69, 9.17) is 4.74 Å². The summed E-state index contributed by atoms with van der Waals surface area (Å²) < 4.78 is 5.34. The first kappa shape index (κ1) is 11.4. The highest BCUT2D eigenvalue weighted by Gasteiger charge is 2.15. The Morgan fingerprint density at radius 1 is 1.11 bits per heavy atom. The van der Waals surface area contributed by atoms with Crippen molar-refractivity contribution in [2.75, 3.05) is 17.2 Å². The van der Waals surface area contributed by atoms with Crippen LogP contribution in [0.5, 0.6) is 11.5 Å². The van der Waals surface area contributed by atoms with E-state index in [1.165, 1.54) is 0 Å².